The summed E-state index contributed by atoms with van der Waals surface area (Å²) in [6.07, 6.45) is 4.03. The normalized spacial score (nSPS) is 12.2. The first-order valence-electron chi connectivity index (χ1n) is 6.30. The zero-order valence-corrected chi connectivity index (χ0v) is 12.7. The quantitative estimate of drug-likeness (QED) is 0.908. The van der Waals surface area contributed by atoms with E-state index in [0.717, 1.165) is 15.6 Å². The van der Waals surface area contributed by atoms with Crippen molar-refractivity contribution in [2.75, 3.05) is 0 Å². The highest BCUT2D eigenvalue weighted by molar-refractivity contribution is 9.10. The molecule has 106 valence electrons. The Morgan fingerprint density at radius 1 is 1.25 bits per heavy atom. The van der Waals surface area contributed by atoms with E-state index >= 15 is 0 Å². The van der Waals surface area contributed by atoms with E-state index in [9.17, 15) is 4.39 Å². The van der Waals surface area contributed by atoms with Crippen LogP contribution in [0.1, 0.15) is 18.1 Å². The van der Waals surface area contributed by atoms with Gasteiger partial charge in [-0.15, -0.1) is 0 Å². The molecule has 0 spiro atoms. The Hall–Kier alpha value is -1.46. The molecule has 5 heteroatoms. The molecular formula is C15H16BrFN2O. The minimum Gasteiger partial charge on any atom is -0.489 e. The number of rotatable bonds is 5. The van der Waals surface area contributed by atoms with Crippen LogP contribution in [0.3, 0.4) is 0 Å². The smallest absolute Gasteiger partial charge is 0.127 e. The largest absolute Gasteiger partial charge is 0.489 e. The molecule has 2 aromatic rings. The molecule has 1 heterocycles. The third-order valence-electron chi connectivity index (χ3n) is 2.66. The van der Waals surface area contributed by atoms with Crippen LogP contribution in [0.4, 0.5) is 4.39 Å². The van der Waals surface area contributed by atoms with Crippen molar-refractivity contribution in [3.8, 4) is 5.75 Å². The molecule has 2 rings (SSSR count). The lowest BCUT2D eigenvalue weighted by atomic mass is 10.1. The second-order valence-corrected chi connectivity index (χ2v) is 5.69. The molecule has 0 saturated heterocycles. The maximum Gasteiger partial charge on any atom is 0.127 e. The number of hydrogen-bond acceptors (Lipinski definition) is 3. The third kappa shape index (κ3) is 4.58. The number of halogens is 2. The van der Waals surface area contributed by atoms with Crippen molar-refractivity contribution in [3.63, 3.8) is 0 Å². The average molecular weight is 339 g/mol. The molecule has 3 nitrogen and oxygen atoms in total. The van der Waals surface area contributed by atoms with Gasteiger partial charge in [-0.25, -0.2) is 4.39 Å². The average Bonchev–Trinajstić information content (AvgIpc) is 2.35. The molecule has 1 aromatic carbocycles. The third-order valence-corrected chi connectivity index (χ3v) is 3.09. The summed E-state index contributed by atoms with van der Waals surface area (Å²) in [4.78, 5) is 4.05. The lowest BCUT2D eigenvalue weighted by molar-refractivity contribution is 0.303. The van der Waals surface area contributed by atoms with Crippen molar-refractivity contribution in [1.29, 1.82) is 0 Å². The van der Waals surface area contributed by atoms with E-state index in [1.54, 1.807) is 12.4 Å². The molecule has 20 heavy (non-hydrogen) atoms. The molecule has 0 bridgehead atoms. The van der Waals surface area contributed by atoms with Crippen LogP contribution >= 0.6 is 15.9 Å². The zero-order valence-electron chi connectivity index (χ0n) is 11.1. The Balaban J connectivity index is 2.07. The fourth-order valence-electron chi connectivity index (χ4n) is 1.90. The van der Waals surface area contributed by atoms with E-state index in [4.69, 9.17) is 10.5 Å². The Kier molecular flexibility index (Phi) is 5.09. The molecule has 0 amide bonds. The predicted octanol–water partition coefficient (Wildman–Crippen LogP) is 3.45. The summed E-state index contributed by atoms with van der Waals surface area (Å²) in [7, 11) is 0. The van der Waals surface area contributed by atoms with Crippen molar-refractivity contribution in [2.45, 2.75) is 26.0 Å². The van der Waals surface area contributed by atoms with Gasteiger partial charge in [-0.1, -0.05) is 0 Å². The first-order chi connectivity index (χ1) is 9.52. The fourth-order valence-corrected chi connectivity index (χ4v) is 2.31. The molecule has 1 atom stereocenters. The first-order valence-corrected chi connectivity index (χ1v) is 7.09. The van der Waals surface area contributed by atoms with Gasteiger partial charge < -0.3 is 10.5 Å². The highest BCUT2D eigenvalue weighted by atomic mass is 79.9. The first kappa shape index (κ1) is 14.9. The summed E-state index contributed by atoms with van der Waals surface area (Å²) in [5.41, 5.74) is 7.48. The highest BCUT2D eigenvalue weighted by Crippen LogP contribution is 2.19. The Labute approximate surface area is 126 Å². The van der Waals surface area contributed by atoms with Gasteiger partial charge in [0, 0.05) is 34.5 Å². The molecule has 0 radical (unpaired) electrons. The second-order valence-electron chi connectivity index (χ2n) is 4.78. The van der Waals surface area contributed by atoms with Crippen LogP contribution < -0.4 is 10.5 Å². The van der Waals surface area contributed by atoms with Crippen LogP contribution in [-0.2, 0) is 13.0 Å². The molecule has 0 aliphatic carbocycles. The van der Waals surface area contributed by atoms with Gasteiger partial charge in [0.05, 0.1) is 0 Å². The van der Waals surface area contributed by atoms with Gasteiger partial charge in [-0.2, -0.15) is 0 Å². The topological polar surface area (TPSA) is 48.1 Å². The SMILES string of the molecule is CC(N)Cc1cc(F)cc(OCc2cncc(Br)c2)c1. The molecule has 0 aliphatic heterocycles. The predicted molar refractivity (Wildman–Crippen MR) is 80.0 cm³/mol. The Morgan fingerprint density at radius 3 is 2.75 bits per heavy atom. The molecular weight excluding hydrogens is 323 g/mol. The van der Waals surface area contributed by atoms with Crippen LogP contribution in [0.2, 0.25) is 0 Å². The van der Waals surface area contributed by atoms with Crippen molar-refractivity contribution < 1.29 is 9.13 Å². The standard InChI is InChI=1S/C15H16BrFN2O/c1-10(18)2-11-4-14(17)6-15(5-11)20-9-12-3-13(16)8-19-7-12/h3-8,10H,2,9,18H2,1H3. The van der Waals surface area contributed by atoms with Gasteiger partial charge in [0.25, 0.3) is 0 Å². The number of benzene rings is 1. The van der Waals surface area contributed by atoms with Crippen LogP contribution in [-0.4, -0.2) is 11.0 Å². The summed E-state index contributed by atoms with van der Waals surface area (Å²) in [6.45, 7) is 2.23. The minimum atomic E-state index is -0.314. The lowest BCUT2D eigenvalue weighted by Crippen LogP contribution is -2.17. The number of pyridine rings is 1. The Bertz CT molecular complexity index is 590. The zero-order chi connectivity index (χ0) is 14.5. The van der Waals surface area contributed by atoms with E-state index in [1.165, 1.54) is 12.1 Å². The molecule has 1 aromatic heterocycles. The van der Waals surface area contributed by atoms with Gasteiger partial charge in [0.1, 0.15) is 18.2 Å². The summed E-state index contributed by atoms with van der Waals surface area (Å²) in [6, 6.07) is 6.57. The summed E-state index contributed by atoms with van der Waals surface area (Å²) >= 11 is 3.35. The van der Waals surface area contributed by atoms with E-state index < -0.39 is 0 Å². The monoisotopic (exact) mass is 338 g/mol. The van der Waals surface area contributed by atoms with Gasteiger partial charge in [0.15, 0.2) is 0 Å². The van der Waals surface area contributed by atoms with Crippen molar-refractivity contribution in [2.24, 2.45) is 5.73 Å². The number of aromatic nitrogens is 1. The van der Waals surface area contributed by atoms with E-state index in [1.807, 2.05) is 19.1 Å². The van der Waals surface area contributed by atoms with Crippen LogP contribution in [0, 0.1) is 5.82 Å². The highest BCUT2D eigenvalue weighted by Gasteiger charge is 2.05. The van der Waals surface area contributed by atoms with Gasteiger partial charge >= 0.3 is 0 Å². The minimum absolute atomic E-state index is 0.0149. The second kappa shape index (κ2) is 6.81. The van der Waals surface area contributed by atoms with Gasteiger partial charge in [0.2, 0.25) is 0 Å². The summed E-state index contributed by atoms with van der Waals surface area (Å²) < 4.78 is 20.0. The van der Waals surface area contributed by atoms with Crippen molar-refractivity contribution in [3.05, 3.63) is 58.1 Å². The number of nitrogens with zero attached hydrogens (tertiary/aromatic N) is 1. The van der Waals surface area contributed by atoms with Gasteiger partial charge in [-0.3, -0.25) is 4.98 Å². The van der Waals surface area contributed by atoms with Crippen LogP contribution in [0.25, 0.3) is 0 Å². The molecule has 0 fully saturated rings. The summed E-state index contributed by atoms with van der Waals surface area (Å²) in [5.74, 6) is 0.186. The maximum absolute atomic E-state index is 13.5. The van der Waals surface area contributed by atoms with Gasteiger partial charge in [-0.05, 0) is 53.0 Å². The van der Waals surface area contributed by atoms with Crippen LogP contribution in [0.5, 0.6) is 5.75 Å². The number of nitrogens with two attached hydrogens (primary N) is 1. The maximum atomic E-state index is 13.5. The summed E-state index contributed by atoms with van der Waals surface area (Å²) in [5, 5.41) is 0. The Morgan fingerprint density at radius 2 is 2.05 bits per heavy atom. The number of hydrogen-bond donors (Lipinski definition) is 1. The number of ether oxygens (including phenoxy) is 1. The van der Waals surface area contributed by atoms with Crippen molar-refractivity contribution >= 4 is 15.9 Å². The molecule has 1 unspecified atom stereocenters. The molecule has 0 saturated carbocycles. The van der Waals surface area contributed by atoms with Crippen LogP contribution in [0.15, 0.2) is 41.1 Å². The fraction of sp³-hybridized carbons (Fsp3) is 0.267. The molecule has 2 N–H and O–H groups in total. The van der Waals surface area contributed by atoms with Crippen molar-refractivity contribution in [1.82, 2.24) is 4.98 Å². The van der Waals surface area contributed by atoms with E-state index in [-0.39, 0.29) is 11.9 Å². The van der Waals surface area contributed by atoms with E-state index in [0.29, 0.717) is 18.8 Å². The lowest BCUT2D eigenvalue weighted by Gasteiger charge is -2.10. The van der Waals surface area contributed by atoms with E-state index in [2.05, 4.69) is 20.9 Å². The molecule has 0 aliphatic rings.